The third kappa shape index (κ3) is 8.03. The first-order valence-electron chi connectivity index (χ1n) is 16.1. The second-order valence-corrected chi connectivity index (χ2v) is 12.1. The highest BCUT2D eigenvalue weighted by atomic mass is 16.2. The van der Waals surface area contributed by atoms with Crippen LogP contribution < -0.4 is 16.0 Å². The normalized spacial score (nSPS) is 19.3. The Morgan fingerprint density at radius 1 is 0.791 bits per heavy atom. The maximum Gasteiger partial charge on any atom is 0.318 e. The molecule has 43 heavy (non-hydrogen) atoms. The van der Waals surface area contributed by atoms with Crippen molar-refractivity contribution in [2.75, 3.05) is 13.1 Å². The number of carbonyl (C=O) groups is 4. The Bertz CT molecular complexity index is 1180. The number of rotatable bonds is 12. The van der Waals surface area contributed by atoms with Crippen molar-refractivity contribution in [3.8, 4) is 0 Å². The van der Waals surface area contributed by atoms with Crippen molar-refractivity contribution in [3.05, 3.63) is 71.8 Å². The van der Waals surface area contributed by atoms with Gasteiger partial charge in [-0.25, -0.2) is 4.79 Å². The second kappa shape index (κ2) is 15.7. The lowest BCUT2D eigenvalue weighted by atomic mass is 9.80. The van der Waals surface area contributed by atoms with Gasteiger partial charge in [-0.15, -0.1) is 0 Å². The summed E-state index contributed by atoms with van der Waals surface area (Å²) in [6.07, 6.45) is 6.93. The third-order valence-electron chi connectivity index (χ3n) is 9.19. The van der Waals surface area contributed by atoms with E-state index < -0.39 is 30.1 Å². The van der Waals surface area contributed by atoms with E-state index in [0.29, 0.717) is 32.4 Å². The first-order chi connectivity index (χ1) is 20.8. The molecule has 0 radical (unpaired) electrons. The van der Waals surface area contributed by atoms with Crippen molar-refractivity contribution in [1.82, 2.24) is 20.9 Å². The molecule has 3 N–H and O–H groups in total. The minimum Gasteiger partial charge on any atom is -0.355 e. The standard InChI is InChI=1S/C35H48N4O4/c1-4-24(3)33(41)37-30(27-20-13-8-14-21-27)32(40)28-22-15-23-39(28)35(43)38-31(34(42)36-5-2)29(25-16-9-6-10-17-25)26-18-11-7-12-19-26/h6-7,9-12,16-19,24,27-31H,4-5,8,13-15,20-23H2,1-3H3,(H,36,42)(H,37,41)(H,38,43)/t24-,28+,30?,31+/m1/s1. The van der Waals surface area contributed by atoms with Crippen LogP contribution in [-0.4, -0.2) is 59.7 Å². The van der Waals surface area contributed by atoms with Crippen LogP contribution in [0.25, 0.3) is 0 Å². The van der Waals surface area contributed by atoms with E-state index in [-0.39, 0.29) is 29.4 Å². The Morgan fingerprint density at radius 2 is 1.40 bits per heavy atom. The molecule has 1 saturated heterocycles. The first kappa shape index (κ1) is 32.2. The maximum absolute atomic E-state index is 14.2. The largest absolute Gasteiger partial charge is 0.355 e. The molecule has 1 aliphatic heterocycles. The molecule has 4 amide bonds. The van der Waals surface area contributed by atoms with Crippen molar-refractivity contribution in [1.29, 1.82) is 0 Å². The summed E-state index contributed by atoms with van der Waals surface area (Å²) in [4.78, 5) is 56.4. The van der Waals surface area contributed by atoms with E-state index in [1.165, 1.54) is 0 Å². The number of hydrogen-bond acceptors (Lipinski definition) is 4. The Morgan fingerprint density at radius 3 is 1.95 bits per heavy atom. The lowest BCUT2D eigenvalue weighted by molar-refractivity contribution is -0.133. The fourth-order valence-corrected chi connectivity index (χ4v) is 6.58. The zero-order chi connectivity index (χ0) is 30.8. The molecule has 2 aromatic rings. The van der Waals surface area contributed by atoms with Crippen LogP contribution >= 0.6 is 0 Å². The van der Waals surface area contributed by atoms with Gasteiger partial charge in [0.1, 0.15) is 6.04 Å². The number of Topliss-reactive ketones (excluding diaryl/α,β-unsaturated/α-hetero) is 1. The molecule has 2 aromatic carbocycles. The lowest BCUT2D eigenvalue weighted by Crippen LogP contribution is -2.58. The summed E-state index contributed by atoms with van der Waals surface area (Å²) in [5.41, 5.74) is 1.81. The number of ketones is 1. The van der Waals surface area contributed by atoms with Gasteiger partial charge in [-0.05, 0) is 56.1 Å². The van der Waals surface area contributed by atoms with Crippen LogP contribution in [0.1, 0.15) is 89.2 Å². The van der Waals surface area contributed by atoms with E-state index in [1.54, 1.807) is 4.90 Å². The van der Waals surface area contributed by atoms with Crippen LogP contribution in [0, 0.1) is 11.8 Å². The number of nitrogens with zero attached hydrogens (tertiary/aromatic N) is 1. The number of hydrogen-bond donors (Lipinski definition) is 3. The zero-order valence-electron chi connectivity index (χ0n) is 25.9. The van der Waals surface area contributed by atoms with E-state index in [1.807, 2.05) is 81.4 Å². The SMILES string of the molecule is CCNC(=O)[C@@H](NC(=O)N1CCC[C@H]1C(=O)C(NC(=O)[C@H](C)CC)C1CCCCC1)C(c1ccccc1)c1ccccc1. The summed E-state index contributed by atoms with van der Waals surface area (Å²) < 4.78 is 0. The number of likely N-dealkylation sites (N-methyl/N-ethyl adjacent to an activating group) is 1. The average molecular weight is 589 g/mol. The molecular weight excluding hydrogens is 540 g/mol. The van der Waals surface area contributed by atoms with E-state index in [4.69, 9.17) is 0 Å². The van der Waals surface area contributed by atoms with Gasteiger partial charge in [0.15, 0.2) is 5.78 Å². The highest BCUT2D eigenvalue weighted by molar-refractivity contribution is 5.96. The van der Waals surface area contributed by atoms with Gasteiger partial charge < -0.3 is 20.9 Å². The minimum absolute atomic E-state index is 0.0726. The molecular formula is C35H48N4O4. The predicted molar refractivity (Wildman–Crippen MR) is 168 cm³/mol. The predicted octanol–water partition coefficient (Wildman–Crippen LogP) is 5.18. The summed E-state index contributed by atoms with van der Waals surface area (Å²) in [6, 6.07) is 16.8. The van der Waals surface area contributed by atoms with Crippen molar-refractivity contribution in [3.63, 3.8) is 0 Å². The van der Waals surface area contributed by atoms with Crippen LogP contribution in [0.4, 0.5) is 4.79 Å². The van der Waals surface area contributed by atoms with Gasteiger partial charge in [0, 0.05) is 24.9 Å². The molecule has 1 unspecified atom stereocenters. The maximum atomic E-state index is 14.2. The summed E-state index contributed by atoms with van der Waals surface area (Å²) in [5.74, 6) is -1.02. The van der Waals surface area contributed by atoms with Gasteiger partial charge in [0.2, 0.25) is 11.8 Å². The van der Waals surface area contributed by atoms with Gasteiger partial charge in [-0.1, -0.05) is 93.8 Å². The third-order valence-corrected chi connectivity index (χ3v) is 9.19. The first-order valence-corrected chi connectivity index (χ1v) is 16.1. The zero-order valence-corrected chi connectivity index (χ0v) is 25.9. The van der Waals surface area contributed by atoms with Crippen LogP contribution in [0.3, 0.4) is 0 Å². The topological polar surface area (TPSA) is 108 Å². The van der Waals surface area contributed by atoms with Crippen LogP contribution in [0.15, 0.2) is 60.7 Å². The summed E-state index contributed by atoms with van der Waals surface area (Å²) in [7, 11) is 0. The Hall–Kier alpha value is -3.68. The van der Waals surface area contributed by atoms with Crippen molar-refractivity contribution >= 4 is 23.6 Å². The molecule has 8 nitrogen and oxygen atoms in total. The summed E-state index contributed by atoms with van der Waals surface area (Å²) in [5, 5.41) is 9.05. The molecule has 2 aliphatic rings. The molecule has 232 valence electrons. The Balaban J connectivity index is 1.61. The molecule has 0 bridgehead atoms. The number of benzene rings is 2. The Labute approximate surface area is 256 Å². The number of carbonyl (C=O) groups excluding carboxylic acids is 4. The molecule has 1 aliphatic carbocycles. The average Bonchev–Trinajstić information content (AvgIpc) is 3.54. The van der Waals surface area contributed by atoms with Crippen LogP contribution in [-0.2, 0) is 14.4 Å². The van der Waals surface area contributed by atoms with Gasteiger partial charge in [-0.2, -0.15) is 0 Å². The van der Waals surface area contributed by atoms with Crippen LogP contribution in [0.2, 0.25) is 0 Å². The molecule has 4 atom stereocenters. The molecule has 0 spiro atoms. The number of nitrogens with one attached hydrogen (secondary N) is 3. The summed E-state index contributed by atoms with van der Waals surface area (Å²) in [6.45, 7) is 6.54. The van der Waals surface area contributed by atoms with E-state index in [2.05, 4.69) is 16.0 Å². The fourth-order valence-electron chi connectivity index (χ4n) is 6.58. The van der Waals surface area contributed by atoms with Gasteiger partial charge in [-0.3, -0.25) is 14.4 Å². The molecule has 1 saturated carbocycles. The van der Waals surface area contributed by atoms with Crippen LogP contribution in [0.5, 0.6) is 0 Å². The van der Waals surface area contributed by atoms with Crippen molar-refractivity contribution in [2.45, 2.75) is 96.2 Å². The quantitative estimate of drug-likeness (QED) is 0.318. The smallest absolute Gasteiger partial charge is 0.318 e. The molecule has 2 fully saturated rings. The summed E-state index contributed by atoms with van der Waals surface area (Å²) >= 11 is 0. The number of likely N-dealkylation sites (tertiary alicyclic amines) is 1. The van der Waals surface area contributed by atoms with Crippen molar-refractivity contribution < 1.29 is 19.2 Å². The fraction of sp³-hybridized carbons (Fsp3) is 0.543. The lowest BCUT2D eigenvalue weighted by Gasteiger charge is -2.35. The van der Waals surface area contributed by atoms with E-state index in [0.717, 1.165) is 43.2 Å². The van der Waals surface area contributed by atoms with E-state index >= 15 is 0 Å². The van der Waals surface area contributed by atoms with E-state index in [9.17, 15) is 19.2 Å². The highest BCUT2D eigenvalue weighted by Gasteiger charge is 2.43. The Kier molecular flexibility index (Phi) is 11.8. The van der Waals surface area contributed by atoms with Gasteiger partial charge in [0.25, 0.3) is 0 Å². The monoisotopic (exact) mass is 588 g/mol. The molecule has 8 heteroatoms. The molecule has 4 rings (SSSR count). The molecule has 0 aromatic heterocycles. The van der Waals surface area contributed by atoms with Crippen molar-refractivity contribution in [2.24, 2.45) is 11.8 Å². The number of amides is 4. The second-order valence-electron chi connectivity index (χ2n) is 12.1. The minimum atomic E-state index is -0.896. The number of urea groups is 1. The van der Waals surface area contributed by atoms with Gasteiger partial charge >= 0.3 is 6.03 Å². The van der Waals surface area contributed by atoms with Gasteiger partial charge in [0.05, 0.1) is 12.1 Å². The molecule has 1 heterocycles. The highest BCUT2D eigenvalue weighted by Crippen LogP contribution is 2.32.